The van der Waals surface area contributed by atoms with Crippen LogP contribution in [0.4, 0.5) is 5.69 Å². The van der Waals surface area contributed by atoms with Gasteiger partial charge in [0.05, 0.1) is 14.2 Å². The Morgan fingerprint density at radius 2 is 1.78 bits per heavy atom. The Labute approximate surface area is 166 Å². The van der Waals surface area contributed by atoms with Crippen molar-refractivity contribution >= 4 is 39.5 Å². The number of methoxy groups -OCH3 is 2. The molecule has 1 spiro atoms. The second-order valence-electron chi connectivity index (χ2n) is 7.22. The van der Waals surface area contributed by atoms with Gasteiger partial charge in [0.15, 0.2) is 5.41 Å². The minimum Gasteiger partial charge on any atom is -0.468 e. The van der Waals surface area contributed by atoms with Crippen LogP contribution in [0, 0.1) is 5.41 Å². The number of carbonyl (C=O) groups is 3. The van der Waals surface area contributed by atoms with Gasteiger partial charge in [-0.1, -0.05) is 22.5 Å². The lowest BCUT2D eigenvalue weighted by atomic mass is 9.59. The van der Waals surface area contributed by atoms with Crippen LogP contribution >= 0.6 is 15.9 Å². The smallest absolute Gasteiger partial charge is 0.327 e. The highest BCUT2D eigenvalue weighted by Crippen LogP contribution is 2.56. The van der Waals surface area contributed by atoms with E-state index in [0.717, 1.165) is 15.7 Å². The number of nitrogens with zero attached hydrogens (tertiary/aromatic N) is 1. The zero-order valence-corrected chi connectivity index (χ0v) is 17.2. The molecule has 0 bridgehead atoms. The van der Waals surface area contributed by atoms with Crippen molar-refractivity contribution in [3.8, 4) is 0 Å². The van der Waals surface area contributed by atoms with Gasteiger partial charge in [0.1, 0.15) is 0 Å². The van der Waals surface area contributed by atoms with Gasteiger partial charge in [0.2, 0.25) is 5.91 Å². The summed E-state index contributed by atoms with van der Waals surface area (Å²) in [4.78, 5) is 39.0. The second kappa shape index (κ2) is 6.78. The lowest BCUT2D eigenvalue weighted by molar-refractivity contribution is -0.168. The minimum atomic E-state index is -1.50. The molecule has 0 saturated heterocycles. The Morgan fingerprint density at radius 3 is 2.30 bits per heavy atom. The van der Waals surface area contributed by atoms with Gasteiger partial charge in [0.25, 0.3) is 0 Å². The second-order valence-corrected chi connectivity index (χ2v) is 8.13. The number of hydrogen-bond acceptors (Lipinski definition) is 5. The summed E-state index contributed by atoms with van der Waals surface area (Å²) in [7, 11) is 2.51. The normalized spacial score (nSPS) is 23.1. The highest BCUT2D eigenvalue weighted by molar-refractivity contribution is 9.10. The molecule has 1 aromatic rings. The molecule has 1 saturated carbocycles. The maximum Gasteiger partial charge on any atom is 0.327 e. The Morgan fingerprint density at radius 1 is 1.15 bits per heavy atom. The third-order valence-corrected chi connectivity index (χ3v) is 6.36. The summed E-state index contributed by atoms with van der Waals surface area (Å²) >= 11 is 3.50. The van der Waals surface area contributed by atoms with Crippen LogP contribution in [0.2, 0.25) is 0 Å². The molecule has 144 valence electrons. The molecule has 3 rings (SSSR count). The van der Waals surface area contributed by atoms with Gasteiger partial charge in [-0.15, -0.1) is 0 Å². The molecular weight excluding hydrogens is 414 g/mol. The van der Waals surface area contributed by atoms with Crippen molar-refractivity contribution in [3.63, 3.8) is 0 Å². The molecule has 6 nitrogen and oxygen atoms in total. The van der Waals surface area contributed by atoms with Gasteiger partial charge < -0.3 is 14.4 Å². The number of amides is 1. The fraction of sp³-hybridized carbons (Fsp3) is 0.450. The van der Waals surface area contributed by atoms with E-state index < -0.39 is 22.8 Å². The number of carbonyl (C=O) groups excluding carboxylic acids is 3. The number of halogens is 1. The highest BCUT2D eigenvalue weighted by atomic mass is 79.9. The summed E-state index contributed by atoms with van der Waals surface area (Å²) in [6, 6.07) is 5.83. The summed E-state index contributed by atoms with van der Waals surface area (Å²) in [5.41, 5.74) is 0.459. The zero-order valence-electron chi connectivity index (χ0n) is 15.6. The summed E-state index contributed by atoms with van der Waals surface area (Å²) < 4.78 is 10.7. The minimum absolute atomic E-state index is 0.0427. The average Bonchev–Trinajstić information content (AvgIpc) is 2.95. The monoisotopic (exact) mass is 435 g/mol. The number of rotatable bonds is 2. The lowest BCUT2D eigenvalue weighted by Crippen LogP contribution is -2.50. The molecule has 27 heavy (non-hydrogen) atoms. The SMILES string of the molecule is C=C1C[C@@]2(CCC1(C(=O)OC)C(=O)OC)CN(C(C)=O)c1ccc(Br)cc12. The number of ether oxygens (including phenoxy) is 2. The van der Waals surface area contributed by atoms with Crippen molar-refractivity contribution in [2.24, 2.45) is 5.41 Å². The van der Waals surface area contributed by atoms with Crippen molar-refractivity contribution < 1.29 is 23.9 Å². The topological polar surface area (TPSA) is 72.9 Å². The molecule has 0 radical (unpaired) electrons. The van der Waals surface area contributed by atoms with E-state index in [1.807, 2.05) is 18.2 Å². The molecule has 0 unspecified atom stereocenters. The maximum atomic E-state index is 12.5. The molecule has 1 amide bonds. The summed E-state index contributed by atoms with van der Waals surface area (Å²) in [6.45, 7) is 6.10. The number of fused-ring (bicyclic) bond motifs is 2. The maximum absolute atomic E-state index is 12.5. The summed E-state index contributed by atoms with van der Waals surface area (Å²) in [5, 5.41) is 0. The van der Waals surface area contributed by atoms with E-state index in [2.05, 4.69) is 22.5 Å². The molecule has 2 aliphatic rings. The lowest BCUT2D eigenvalue weighted by Gasteiger charge is -2.43. The summed E-state index contributed by atoms with van der Waals surface area (Å²) in [6.07, 6.45) is 1.15. The number of benzene rings is 1. The molecule has 1 aliphatic carbocycles. The Bertz CT molecular complexity index is 833. The van der Waals surface area contributed by atoms with E-state index in [0.29, 0.717) is 25.0 Å². The van der Waals surface area contributed by atoms with Crippen LogP contribution in [0.15, 0.2) is 34.8 Å². The van der Waals surface area contributed by atoms with Crippen molar-refractivity contribution in [3.05, 3.63) is 40.4 Å². The van der Waals surface area contributed by atoms with Crippen molar-refractivity contribution in [1.82, 2.24) is 0 Å². The van der Waals surface area contributed by atoms with E-state index in [9.17, 15) is 14.4 Å². The van der Waals surface area contributed by atoms with Gasteiger partial charge in [0, 0.05) is 29.0 Å². The van der Waals surface area contributed by atoms with E-state index in [1.165, 1.54) is 21.1 Å². The first-order valence-corrected chi connectivity index (χ1v) is 9.44. The van der Waals surface area contributed by atoms with E-state index in [1.54, 1.807) is 4.90 Å². The molecule has 7 heteroatoms. The van der Waals surface area contributed by atoms with Crippen LogP contribution < -0.4 is 4.90 Å². The van der Waals surface area contributed by atoms with Crippen LogP contribution in [0.5, 0.6) is 0 Å². The van der Waals surface area contributed by atoms with Gasteiger partial charge in [-0.05, 0) is 48.6 Å². The van der Waals surface area contributed by atoms with Gasteiger partial charge in [-0.25, -0.2) is 0 Å². The fourth-order valence-corrected chi connectivity index (χ4v) is 4.82. The van der Waals surface area contributed by atoms with Crippen molar-refractivity contribution in [2.75, 3.05) is 25.7 Å². The van der Waals surface area contributed by atoms with Crippen LogP contribution in [-0.2, 0) is 29.3 Å². The van der Waals surface area contributed by atoms with Gasteiger partial charge in [-0.3, -0.25) is 14.4 Å². The largest absolute Gasteiger partial charge is 0.468 e. The average molecular weight is 436 g/mol. The Balaban J connectivity index is 2.06. The van der Waals surface area contributed by atoms with Crippen molar-refractivity contribution in [2.45, 2.75) is 31.6 Å². The first-order chi connectivity index (χ1) is 12.7. The quantitative estimate of drug-likeness (QED) is 0.405. The molecule has 0 N–H and O–H groups in total. The Kier molecular flexibility index (Phi) is 4.93. The van der Waals surface area contributed by atoms with Crippen LogP contribution in [0.3, 0.4) is 0 Å². The molecule has 0 aromatic heterocycles. The molecule has 1 heterocycles. The fourth-order valence-electron chi connectivity index (χ4n) is 4.46. The molecule has 1 aromatic carbocycles. The molecule has 1 atom stereocenters. The van der Waals surface area contributed by atoms with E-state index in [4.69, 9.17) is 9.47 Å². The number of anilines is 1. The molecule has 1 fully saturated rings. The van der Waals surface area contributed by atoms with Crippen LogP contribution in [-0.4, -0.2) is 38.6 Å². The van der Waals surface area contributed by atoms with Crippen LogP contribution in [0.25, 0.3) is 0 Å². The predicted molar refractivity (Wildman–Crippen MR) is 103 cm³/mol. The molecular formula is C20H22BrNO5. The number of esters is 2. The first kappa shape index (κ1) is 19.6. The molecule has 1 aliphatic heterocycles. The Hall–Kier alpha value is -2.15. The zero-order chi connectivity index (χ0) is 20.0. The highest BCUT2D eigenvalue weighted by Gasteiger charge is 2.58. The first-order valence-electron chi connectivity index (χ1n) is 8.65. The van der Waals surface area contributed by atoms with Crippen LogP contribution in [0.1, 0.15) is 31.7 Å². The van der Waals surface area contributed by atoms with Gasteiger partial charge >= 0.3 is 11.9 Å². The predicted octanol–water partition coefficient (Wildman–Crippen LogP) is 3.13. The van der Waals surface area contributed by atoms with E-state index in [-0.39, 0.29) is 12.3 Å². The van der Waals surface area contributed by atoms with Crippen molar-refractivity contribution in [1.29, 1.82) is 0 Å². The third kappa shape index (κ3) is 2.79. The van der Waals surface area contributed by atoms with Gasteiger partial charge in [-0.2, -0.15) is 0 Å². The summed E-state index contributed by atoms with van der Waals surface area (Å²) in [5.74, 6) is -1.34. The standard InChI is InChI=1S/C20H22BrNO5/c1-12-10-19(7-8-20(12,17(24)26-3)18(25)27-4)11-22(13(2)23)16-6-5-14(21)9-15(16)19/h5-6,9H,1,7-8,10-11H2,2-4H3/t19-/m0/s1. The van der Waals surface area contributed by atoms with E-state index >= 15 is 0 Å². The number of hydrogen-bond donors (Lipinski definition) is 0. The third-order valence-electron chi connectivity index (χ3n) is 5.86.